The predicted molar refractivity (Wildman–Crippen MR) is 84.7 cm³/mol. The summed E-state index contributed by atoms with van der Waals surface area (Å²) in [5, 5.41) is 3.55. The van der Waals surface area contributed by atoms with Gasteiger partial charge in [-0.2, -0.15) is 0 Å². The Labute approximate surface area is 128 Å². The first-order valence-corrected chi connectivity index (χ1v) is 6.87. The number of nitrogens with two attached hydrogens (primary N) is 1. The fourth-order valence-corrected chi connectivity index (χ4v) is 2.35. The second kappa shape index (κ2) is 5.86. The van der Waals surface area contributed by atoms with E-state index in [0.717, 1.165) is 4.47 Å². The lowest BCUT2D eigenvalue weighted by atomic mass is 10.1. The van der Waals surface area contributed by atoms with Crippen LogP contribution in [-0.4, -0.2) is 4.99 Å². The first-order valence-electron chi connectivity index (χ1n) is 5.29. The molecule has 0 spiro atoms. The lowest BCUT2D eigenvalue weighted by Gasteiger charge is -2.13. The summed E-state index contributed by atoms with van der Waals surface area (Å²) < 4.78 is 14.6. The molecular weight excluding hydrogens is 351 g/mol. The molecule has 0 aliphatic carbocycles. The highest BCUT2D eigenvalue weighted by Gasteiger charge is 2.12. The molecule has 0 saturated heterocycles. The van der Waals surface area contributed by atoms with Crippen molar-refractivity contribution in [3.63, 3.8) is 0 Å². The van der Waals surface area contributed by atoms with Crippen molar-refractivity contribution < 1.29 is 4.39 Å². The predicted octanol–water partition coefficient (Wildman–Crippen LogP) is 4.62. The van der Waals surface area contributed by atoms with Crippen LogP contribution < -0.4 is 11.1 Å². The molecule has 3 N–H and O–H groups in total. The number of hydrogen-bond acceptors (Lipinski definition) is 2. The average molecular weight is 360 g/mol. The summed E-state index contributed by atoms with van der Waals surface area (Å²) in [6, 6.07) is 9.90. The third-order valence-corrected chi connectivity index (χ3v) is 3.48. The quantitative estimate of drug-likeness (QED) is 0.785. The maximum atomic E-state index is 13.7. The van der Waals surface area contributed by atoms with Crippen LogP contribution in [0.15, 0.2) is 40.9 Å². The number of halogens is 3. The van der Waals surface area contributed by atoms with Crippen LogP contribution in [0.2, 0.25) is 5.02 Å². The van der Waals surface area contributed by atoms with E-state index in [1.807, 2.05) is 6.07 Å². The number of hydrogen-bond donors (Lipinski definition) is 2. The van der Waals surface area contributed by atoms with Gasteiger partial charge in [-0.1, -0.05) is 45.8 Å². The van der Waals surface area contributed by atoms with Gasteiger partial charge in [-0.05, 0) is 30.3 Å². The number of anilines is 2. The van der Waals surface area contributed by atoms with Gasteiger partial charge in [-0.25, -0.2) is 4.39 Å². The minimum atomic E-state index is -0.469. The molecule has 0 radical (unpaired) electrons. The Balaban J connectivity index is 2.46. The van der Waals surface area contributed by atoms with E-state index in [-0.39, 0.29) is 10.6 Å². The first-order chi connectivity index (χ1) is 8.99. The molecule has 19 heavy (non-hydrogen) atoms. The Morgan fingerprint density at radius 3 is 2.68 bits per heavy atom. The summed E-state index contributed by atoms with van der Waals surface area (Å²) >= 11 is 14.3. The fraction of sp³-hybridized carbons (Fsp3) is 0. The molecule has 2 nitrogen and oxygen atoms in total. The van der Waals surface area contributed by atoms with Gasteiger partial charge in [0.2, 0.25) is 0 Å². The fourth-order valence-electron chi connectivity index (χ4n) is 1.62. The Morgan fingerprint density at radius 1 is 1.26 bits per heavy atom. The van der Waals surface area contributed by atoms with Crippen molar-refractivity contribution >= 4 is 56.1 Å². The molecule has 2 aromatic rings. The molecule has 0 heterocycles. The molecule has 0 bridgehead atoms. The van der Waals surface area contributed by atoms with Crippen LogP contribution in [0, 0.1) is 5.82 Å². The molecule has 0 aromatic heterocycles. The van der Waals surface area contributed by atoms with Crippen LogP contribution in [0.4, 0.5) is 15.8 Å². The molecule has 0 atom stereocenters. The molecule has 98 valence electrons. The lowest BCUT2D eigenvalue weighted by Crippen LogP contribution is -2.14. The van der Waals surface area contributed by atoms with Crippen molar-refractivity contribution in [2.75, 3.05) is 5.32 Å². The number of nitrogens with one attached hydrogen (secondary N) is 1. The minimum absolute atomic E-state index is 0.00767. The molecule has 0 aliphatic rings. The van der Waals surface area contributed by atoms with Gasteiger partial charge < -0.3 is 11.1 Å². The van der Waals surface area contributed by atoms with E-state index in [1.165, 1.54) is 6.07 Å². The minimum Gasteiger partial charge on any atom is -0.389 e. The summed E-state index contributed by atoms with van der Waals surface area (Å²) in [4.78, 5) is -0.00767. The highest BCUT2D eigenvalue weighted by Crippen LogP contribution is 2.30. The third-order valence-electron chi connectivity index (χ3n) is 2.46. The van der Waals surface area contributed by atoms with Gasteiger partial charge >= 0.3 is 0 Å². The monoisotopic (exact) mass is 358 g/mol. The zero-order chi connectivity index (χ0) is 14.0. The summed E-state index contributed by atoms with van der Waals surface area (Å²) in [5.41, 5.74) is 6.84. The van der Waals surface area contributed by atoms with Crippen LogP contribution in [0.3, 0.4) is 0 Å². The Hall–Kier alpha value is -1.17. The number of thiocarbonyl (C=S) groups is 1. The van der Waals surface area contributed by atoms with E-state index in [0.29, 0.717) is 16.4 Å². The molecule has 2 aromatic carbocycles. The zero-order valence-corrected chi connectivity index (χ0v) is 12.7. The van der Waals surface area contributed by atoms with Crippen molar-refractivity contribution in [1.29, 1.82) is 0 Å². The highest BCUT2D eigenvalue weighted by atomic mass is 79.9. The van der Waals surface area contributed by atoms with Gasteiger partial charge in [-0.15, -0.1) is 0 Å². The molecule has 0 unspecified atom stereocenters. The summed E-state index contributed by atoms with van der Waals surface area (Å²) in [7, 11) is 0. The number of benzene rings is 2. The van der Waals surface area contributed by atoms with Crippen molar-refractivity contribution in [2.24, 2.45) is 5.73 Å². The van der Waals surface area contributed by atoms with E-state index in [2.05, 4.69) is 21.2 Å². The average Bonchev–Trinajstić information content (AvgIpc) is 2.33. The lowest BCUT2D eigenvalue weighted by molar-refractivity contribution is 0.626. The smallest absolute Gasteiger partial charge is 0.135 e. The van der Waals surface area contributed by atoms with Gasteiger partial charge in [0.25, 0.3) is 0 Å². The molecule has 0 fully saturated rings. The van der Waals surface area contributed by atoms with Crippen molar-refractivity contribution in [1.82, 2.24) is 0 Å². The van der Waals surface area contributed by atoms with Gasteiger partial charge in [0, 0.05) is 4.47 Å². The van der Waals surface area contributed by atoms with Crippen molar-refractivity contribution in [3.8, 4) is 0 Å². The summed E-state index contributed by atoms with van der Waals surface area (Å²) in [6.45, 7) is 0. The Morgan fingerprint density at radius 2 is 2.00 bits per heavy atom. The molecule has 0 amide bonds. The maximum Gasteiger partial charge on any atom is 0.135 e. The van der Waals surface area contributed by atoms with E-state index in [9.17, 15) is 4.39 Å². The Bertz CT molecular complexity index is 649. The number of rotatable bonds is 3. The second-order valence-corrected chi connectivity index (χ2v) is 5.54. The second-order valence-electron chi connectivity index (χ2n) is 3.78. The zero-order valence-electron chi connectivity index (χ0n) is 9.58. The largest absolute Gasteiger partial charge is 0.389 e. The standard InChI is InChI=1S/C13H9BrClFN2S/c14-7-4-5-8(15)11(6-7)18-10-3-1-2-9(16)12(10)13(17)19/h1-6,18H,(H2,17,19). The molecule has 2 rings (SSSR count). The molecule has 6 heteroatoms. The van der Waals surface area contributed by atoms with Gasteiger partial charge in [-0.3, -0.25) is 0 Å². The topological polar surface area (TPSA) is 38.0 Å². The van der Waals surface area contributed by atoms with Gasteiger partial charge in [0.15, 0.2) is 0 Å². The molecule has 0 saturated carbocycles. The summed E-state index contributed by atoms with van der Waals surface area (Å²) in [6.07, 6.45) is 0. The molecule has 0 aliphatic heterocycles. The molecular formula is C13H9BrClFN2S. The van der Waals surface area contributed by atoms with E-state index >= 15 is 0 Å². The van der Waals surface area contributed by atoms with Crippen molar-refractivity contribution in [2.45, 2.75) is 0 Å². The van der Waals surface area contributed by atoms with E-state index in [4.69, 9.17) is 29.6 Å². The van der Waals surface area contributed by atoms with Gasteiger partial charge in [0.1, 0.15) is 10.8 Å². The van der Waals surface area contributed by atoms with Gasteiger partial charge in [0.05, 0.1) is 22.0 Å². The van der Waals surface area contributed by atoms with Crippen LogP contribution in [0.1, 0.15) is 5.56 Å². The van der Waals surface area contributed by atoms with Crippen molar-refractivity contribution in [3.05, 3.63) is 57.3 Å². The van der Waals surface area contributed by atoms with E-state index in [1.54, 1.807) is 24.3 Å². The first kappa shape index (κ1) is 14.2. The summed E-state index contributed by atoms with van der Waals surface area (Å²) in [5.74, 6) is -0.469. The van der Waals surface area contributed by atoms with Crippen LogP contribution in [-0.2, 0) is 0 Å². The normalized spacial score (nSPS) is 10.3. The van der Waals surface area contributed by atoms with E-state index < -0.39 is 5.82 Å². The third kappa shape index (κ3) is 3.23. The SMILES string of the molecule is NC(=S)c1c(F)cccc1Nc1cc(Br)ccc1Cl. The van der Waals surface area contributed by atoms with Crippen LogP contribution >= 0.6 is 39.7 Å². The Kier molecular flexibility index (Phi) is 4.39. The maximum absolute atomic E-state index is 13.7. The van der Waals surface area contributed by atoms with Crippen LogP contribution in [0.5, 0.6) is 0 Å². The van der Waals surface area contributed by atoms with Crippen LogP contribution in [0.25, 0.3) is 0 Å². The highest BCUT2D eigenvalue weighted by molar-refractivity contribution is 9.10.